The molecule has 3 aliphatic heterocycles. The molecule has 0 radical (unpaired) electrons. The number of ether oxygens (including phenoxy) is 1. The molecule has 0 spiro atoms. The summed E-state index contributed by atoms with van der Waals surface area (Å²) >= 11 is 0. The summed E-state index contributed by atoms with van der Waals surface area (Å²) in [4.78, 5) is 30.0. The fourth-order valence-corrected chi connectivity index (χ4v) is 4.80. The number of carbonyl (C=O) groups excluding carboxylic acids is 2. The number of hydrogen-bond acceptors (Lipinski definition) is 3. The summed E-state index contributed by atoms with van der Waals surface area (Å²) in [6, 6.07) is 5.90. The third-order valence-corrected chi connectivity index (χ3v) is 6.82. The van der Waals surface area contributed by atoms with Crippen LogP contribution in [0.15, 0.2) is 18.2 Å². The van der Waals surface area contributed by atoms with Gasteiger partial charge in [0.05, 0.1) is 5.56 Å². The highest BCUT2D eigenvalue weighted by Gasteiger charge is 2.35. The summed E-state index contributed by atoms with van der Waals surface area (Å²) in [7, 11) is 0. The van der Waals surface area contributed by atoms with Gasteiger partial charge in [-0.2, -0.15) is 0 Å². The highest BCUT2D eigenvalue weighted by Crippen LogP contribution is 2.40. The molecule has 5 heteroatoms. The summed E-state index contributed by atoms with van der Waals surface area (Å²) in [5.74, 6) is 1.48. The summed E-state index contributed by atoms with van der Waals surface area (Å²) in [6.45, 7) is 7.31. The van der Waals surface area contributed by atoms with Crippen molar-refractivity contribution in [1.29, 1.82) is 0 Å². The lowest BCUT2D eigenvalue weighted by molar-refractivity contribution is -0.136. The molecule has 0 saturated carbocycles. The van der Waals surface area contributed by atoms with Crippen molar-refractivity contribution in [3.8, 4) is 5.75 Å². The molecule has 0 aromatic heterocycles. The van der Waals surface area contributed by atoms with Crippen LogP contribution >= 0.6 is 0 Å². The molecule has 2 atom stereocenters. The van der Waals surface area contributed by atoms with Crippen LogP contribution < -0.4 is 4.74 Å². The largest absolute Gasteiger partial charge is 0.489 e. The number of rotatable bonds is 2. The first-order chi connectivity index (χ1) is 13.6. The molecule has 0 aliphatic carbocycles. The average Bonchev–Trinajstić information content (AvgIpc) is 2.91. The van der Waals surface area contributed by atoms with Gasteiger partial charge in [-0.05, 0) is 38.7 Å². The molecule has 3 aliphatic rings. The van der Waals surface area contributed by atoms with E-state index in [-0.39, 0.29) is 17.9 Å². The maximum absolute atomic E-state index is 13.1. The van der Waals surface area contributed by atoms with Crippen LogP contribution in [0.2, 0.25) is 0 Å². The molecule has 0 unspecified atom stereocenters. The molecule has 3 heterocycles. The van der Waals surface area contributed by atoms with E-state index in [4.69, 9.17) is 4.74 Å². The van der Waals surface area contributed by atoms with E-state index >= 15 is 0 Å². The molecule has 5 nitrogen and oxygen atoms in total. The van der Waals surface area contributed by atoms with Crippen LogP contribution in [-0.4, -0.2) is 53.9 Å². The lowest BCUT2D eigenvalue weighted by atomic mass is 9.93. The third-order valence-electron chi connectivity index (χ3n) is 6.82. The number of amides is 2. The second-order valence-electron chi connectivity index (χ2n) is 8.64. The van der Waals surface area contributed by atoms with Crippen LogP contribution in [-0.2, 0) is 4.79 Å². The molecular weight excluding hydrogens is 352 g/mol. The Hall–Kier alpha value is -2.04. The van der Waals surface area contributed by atoms with E-state index in [1.807, 2.05) is 17.0 Å². The fraction of sp³-hybridized carbons (Fsp3) is 0.652. The zero-order valence-corrected chi connectivity index (χ0v) is 17.2. The number of piperidine rings is 1. The second-order valence-corrected chi connectivity index (χ2v) is 8.64. The average molecular weight is 385 g/mol. The van der Waals surface area contributed by atoms with Gasteiger partial charge in [-0.1, -0.05) is 31.9 Å². The van der Waals surface area contributed by atoms with Crippen molar-refractivity contribution < 1.29 is 14.3 Å². The topological polar surface area (TPSA) is 49.9 Å². The second kappa shape index (κ2) is 8.14. The van der Waals surface area contributed by atoms with Crippen molar-refractivity contribution in [2.24, 2.45) is 5.92 Å². The van der Waals surface area contributed by atoms with Crippen LogP contribution in [0.5, 0.6) is 5.75 Å². The summed E-state index contributed by atoms with van der Waals surface area (Å²) in [5, 5.41) is 0. The van der Waals surface area contributed by atoms with E-state index in [1.54, 1.807) is 0 Å². The fourth-order valence-electron chi connectivity index (χ4n) is 4.80. The third kappa shape index (κ3) is 3.63. The minimum Gasteiger partial charge on any atom is -0.489 e. The zero-order chi connectivity index (χ0) is 19.7. The highest BCUT2D eigenvalue weighted by molar-refractivity contribution is 5.98. The number of carbonyl (C=O) groups is 2. The Bertz CT molecular complexity index is 731. The first-order valence-corrected chi connectivity index (χ1v) is 10.9. The van der Waals surface area contributed by atoms with Gasteiger partial charge in [-0.25, -0.2) is 0 Å². The van der Waals surface area contributed by atoms with E-state index < -0.39 is 0 Å². The van der Waals surface area contributed by atoms with Gasteiger partial charge in [-0.15, -0.1) is 0 Å². The Morgan fingerprint density at radius 1 is 0.929 bits per heavy atom. The summed E-state index contributed by atoms with van der Waals surface area (Å²) in [6.07, 6.45) is 6.35. The molecule has 2 saturated heterocycles. The van der Waals surface area contributed by atoms with Crippen molar-refractivity contribution in [1.82, 2.24) is 9.80 Å². The number of nitrogens with zero attached hydrogens (tertiary/aromatic N) is 2. The minimum atomic E-state index is 0.0406. The SMILES string of the molecule is C[C@@H]1Oc2c(C(=O)N3CCC(C(=O)N4CCCCCC4)CC3)cccc2[C@@H]1C. The Labute approximate surface area is 168 Å². The smallest absolute Gasteiger partial charge is 0.257 e. The lowest BCUT2D eigenvalue weighted by Crippen LogP contribution is -2.44. The molecule has 2 fully saturated rings. The Kier molecular flexibility index (Phi) is 5.61. The lowest BCUT2D eigenvalue weighted by Gasteiger charge is -2.34. The van der Waals surface area contributed by atoms with E-state index in [0.717, 1.165) is 50.1 Å². The molecule has 152 valence electrons. The minimum absolute atomic E-state index is 0.0406. The maximum Gasteiger partial charge on any atom is 0.257 e. The molecule has 1 aromatic rings. The normalized spacial score (nSPS) is 25.8. The summed E-state index contributed by atoms with van der Waals surface area (Å²) < 4.78 is 6.00. The van der Waals surface area contributed by atoms with Crippen LogP contribution in [0.3, 0.4) is 0 Å². The first kappa shape index (κ1) is 19.3. The van der Waals surface area contributed by atoms with Crippen molar-refractivity contribution in [3.63, 3.8) is 0 Å². The summed E-state index contributed by atoms with van der Waals surface area (Å²) in [5.41, 5.74) is 1.80. The van der Waals surface area contributed by atoms with Gasteiger partial charge in [0.1, 0.15) is 11.9 Å². The van der Waals surface area contributed by atoms with Gasteiger partial charge >= 0.3 is 0 Å². The number of fused-ring (bicyclic) bond motifs is 1. The standard InChI is InChI=1S/C23H32N2O3/c1-16-17(2)28-21-19(16)8-7-9-20(21)23(27)25-14-10-18(11-15-25)22(26)24-12-5-3-4-6-13-24/h7-9,16-18H,3-6,10-15H2,1-2H3/t16-,17+/m1/s1. The van der Waals surface area contributed by atoms with Crippen molar-refractivity contribution in [2.75, 3.05) is 26.2 Å². The van der Waals surface area contributed by atoms with Gasteiger partial charge in [0.2, 0.25) is 5.91 Å². The Morgan fingerprint density at radius 2 is 1.61 bits per heavy atom. The monoisotopic (exact) mass is 384 g/mol. The quantitative estimate of drug-likeness (QED) is 0.779. The van der Waals surface area contributed by atoms with Gasteiger partial charge in [0.15, 0.2) is 0 Å². The molecule has 0 bridgehead atoms. The van der Waals surface area contributed by atoms with Gasteiger partial charge in [-0.3, -0.25) is 9.59 Å². The van der Waals surface area contributed by atoms with Gasteiger partial charge in [0, 0.05) is 43.6 Å². The van der Waals surface area contributed by atoms with E-state index in [1.165, 1.54) is 12.8 Å². The predicted octanol–water partition coefficient (Wildman–Crippen LogP) is 3.83. The molecule has 1 aromatic carbocycles. The highest BCUT2D eigenvalue weighted by atomic mass is 16.5. The van der Waals surface area contributed by atoms with Crippen LogP contribution in [0.4, 0.5) is 0 Å². The van der Waals surface area contributed by atoms with Crippen LogP contribution in [0.1, 0.15) is 74.2 Å². The number of likely N-dealkylation sites (tertiary alicyclic amines) is 2. The van der Waals surface area contributed by atoms with E-state index in [9.17, 15) is 9.59 Å². The van der Waals surface area contributed by atoms with E-state index in [0.29, 0.717) is 30.5 Å². The van der Waals surface area contributed by atoms with Gasteiger partial charge in [0.25, 0.3) is 5.91 Å². The number of benzene rings is 1. The number of para-hydroxylation sites is 1. The Balaban J connectivity index is 1.39. The van der Waals surface area contributed by atoms with Crippen LogP contribution in [0.25, 0.3) is 0 Å². The molecular formula is C23H32N2O3. The zero-order valence-electron chi connectivity index (χ0n) is 17.2. The maximum atomic E-state index is 13.1. The van der Waals surface area contributed by atoms with E-state index in [2.05, 4.69) is 24.8 Å². The molecule has 28 heavy (non-hydrogen) atoms. The van der Waals surface area contributed by atoms with Crippen molar-refractivity contribution in [3.05, 3.63) is 29.3 Å². The molecule has 0 N–H and O–H groups in total. The first-order valence-electron chi connectivity index (χ1n) is 10.9. The van der Waals surface area contributed by atoms with Crippen molar-refractivity contribution >= 4 is 11.8 Å². The van der Waals surface area contributed by atoms with Crippen molar-refractivity contribution in [2.45, 2.75) is 64.4 Å². The molecule has 4 rings (SSSR count). The van der Waals surface area contributed by atoms with Crippen LogP contribution in [0, 0.1) is 5.92 Å². The Morgan fingerprint density at radius 3 is 2.29 bits per heavy atom. The molecule has 2 amide bonds. The van der Waals surface area contributed by atoms with Gasteiger partial charge < -0.3 is 14.5 Å². The predicted molar refractivity (Wildman–Crippen MR) is 109 cm³/mol. The number of hydrogen-bond donors (Lipinski definition) is 0.